The molecule has 1 aromatic carbocycles. The van der Waals surface area contributed by atoms with Crippen LogP contribution in [0.15, 0.2) is 16.6 Å². The van der Waals surface area contributed by atoms with E-state index in [4.69, 9.17) is 0 Å². The van der Waals surface area contributed by atoms with E-state index < -0.39 is 29.6 Å². The molecule has 0 amide bonds. The molecule has 0 aliphatic heterocycles. The van der Waals surface area contributed by atoms with E-state index in [1.165, 1.54) is 6.92 Å². The third-order valence-electron chi connectivity index (χ3n) is 2.22. The summed E-state index contributed by atoms with van der Waals surface area (Å²) in [6.45, 7) is 1.49. The molecule has 2 N–H and O–H groups in total. The summed E-state index contributed by atoms with van der Waals surface area (Å²) in [7, 11) is 0. The molecule has 106 valence electrons. The molecule has 0 bridgehead atoms. The van der Waals surface area contributed by atoms with Crippen molar-refractivity contribution in [2.45, 2.75) is 19.2 Å². The predicted octanol–water partition coefficient (Wildman–Crippen LogP) is 2.77. The average Bonchev–Trinajstić information content (AvgIpc) is 2.30. The molecular formula is C11H10BrF3O4. The third kappa shape index (κ3) is 3.60. The van der Waals surface area contributed by atoms with Gasteiger partial charge in [0.2, 0.25) is 0 Å². The first-order chi connectivity index (χ1) is 8.68. The van der Waals surface area contributed by atoms with Crippen molar-refractivity contribution < 1.29 is 32.9 Å². The zero-order valence-corrected chi connectivity index (χ0v) is 11.2. The van der Waals surface area contributed by atoms with Crippen molar-refractivity contribution in [3.63, 3.8) is 0 Å². The van der Waals surface area contributed by atoms with E-state index in [0.29, 0.717) is 6.07 Å². The van der Waals surface area contributed by atoms with E-state index >= 15 is 0 Å². The number of rotatable bonds is 3. The van der Waals surface area contributed by atoms with Gasteiger partial charge in [-0.1, -0.05) is 0 Å². The number of alkyl halides is 3. The maximum atomic E-state index is 12.6. The van der Waals surface area contributed by atoms with Gasteiger partial charge in [-0.25, -0.2) is 4.79 Å². The van der Waals surface area contributed by atoms with Crippen molar-refractivity contribution in [2.24, 2.45) is 0 Å². The van der Waals surface area contributed by atoms with Crippen LogP contribution in [0.1, 0.15) is 24.2 Å². The van der Waals surface area contributed by atoms with Crippen molar-refractivity contribution in [3.05, 3.63) is 27.7 Å². The first-order valence-electron chi connectivity index (χ1n) is 5.12. The summed E-state index contributed by atoms with van der Waals surface area (Å²) in [6, 6.07) is 1.52. The second kappa shape index (κ2) is 5.79. The van der Waals surface area contributed by atoms with E-state index in [1.54, 1.807) is 0 Å². The van der Waals surface area contributed by atoms with Gasteiger partial charge in [0.15, 0.2) is 6.10 Å². The van der Waals surface area contributed by atoms with Gasteiger partial charge in [0.05, 0.1) is 16.6 Å². The van der Waals surface area contributed by atoms with Gasteiger partial charge in [0.1, 0.15) is 5.75 Å². The number of carbonyl (C=O) groups excluding carboxylic acids is 1. The first kappa shape index (κ1) is 15.8. The predicted molar refractivity (Wildman–Crippen MR) is 62.4 cm³/mol. The number of halogens is 4. The molecule has 8 heteroatoms. The molecule has 0 saturated carbocycles. The second-order valence-electron chi connectivity index (χ2n) is 3.55. The molecule has 0 radical (unpaired) electrons. The molecule has 0 aliphatic carbocycles. The Morgan fingerprint density at radius 2 is 2.05 bits per heavy atom. The van der Waals surface area contributed by atoms with E-state index in [0.717, 1.165) is 6.07 Å². The number of benzene rings is 1. The monoisotopic (exact) mass is 342 g/mol. The van der Waals surface area contributed by atoms with E-state index in [9.17, 15) is 28.2 Å². The van der Waals surface area contributed by atoms with Gasteiger partial charge in [-0.05, 0) is 40.5 Å². The topological polar surface area (TPSA) is 66.8 Å². The van der Waals surface area contributed by atoms with Gasteiger partial charge < -0.3 is 14.9 Å². The van der Waals surface area contributed by atoms with Gasteiger partial charge in [0, 0.05) is 0 Å². The smallest absolute Gasteiger partial charge is 0.420 e. The standard InChI is InChI=1S/C11H10BrF3O4/c1-2-19-10(18)8(16)5-3-6(11(13,14)15)9(17)7(12)4-5/h3-4,8,16-17H,2H2,1H3. The molecule has 0 aromatic heterocycles. The summed E-state index contributed by atoms with van der Waals surface area (Å²) in [5.74, 6) is -2.07. The Hall–Kier alpha value is -1.28. The van der Waals surface area contributed by atoms with Gasteiger partial charge in [-0.3, -0.25) is 0 Å². The van der Waals surface area contributed by atoms with Crippen LogP contribution in [0.3, 0.4) is 0 Å². The number of aromatic hydroxyl groups is 1. The van der Waals surface area contributed by atoms with E-state index in [2.05, 4.69) is 20.7 Å². The molecular weight excluding hydrogens is 333 g/mol. The Kier molecular flexibility index (Phi) is 4.81. The van der Waals surface area contributed by atoms with E-state index in [1.807, 2.05) is 0 Å². The minimum Gasteiger partial charge on any atom is -0.506 e. The Morgan fingerprint density at radius 1 is 1.47 bits per heavy atom. The lowest BCUT2D eigenvalue weighted by Crippen LogP contribution is -2.16. The van der Waals surface area contributed by atoms with Crippen LogP contribution in [0.25, 0.3) is 0 Å². The maximum Gasteiger partial charge on any atom is 0.420 e. The number of aliphatic hydroxyl groups excluding tert-OH is 1. The highest BCUT2D eigenvalue weighted by Crippen LogP contribution is 2.41. The number of hydrogen-bond acceptors (Lipinski definition) is 4. The Balaban J connectivity index is 3.24. The van der Waals surface area contributed by atoms with Crippen molar-refractivity contribution in [2.75, 3.05) is 6.61 Å². The number of esters is 1. The Morgan fingerprint density at radius 3 is 2.53 bits per heavy atom. The largest absolute Gasteiger partial charge is 0.506 e. The lowest BCUT2D eigenvalue weighted by atomic mass is 10.0. The number of aliphatic hydroxyl groups is 1. The number of phenols is 1. The van der Waals surface area contributed by atoms with E-state index in [-0.39, 0.29) is 16.6 Å². The lowest BCUT2D eigenvalue weighted by Gasteiger charge is -2.15. The number of carbonyl (C=O) groups is 1. The second-order valence-corrected chi connectivity index (χ2v) is 4.41. The summed E-state index contributed by atoms with van der Waals surface area (Å²) < 4.78 is 42.2. The lowest BCUT2D eigenvalue weighted by molar-refractivity contribution is -0.153. The van der Waals surface area contributed by atoms with Crippen molar-refractivity contribution in [3.8, 4) is 5.75 Å². The Labute approximate surface area is 114 Å². The summed E-state index contributed by atoms with van der Waals surface area (Å²) in [6.07, 6.45) is -6.66. The van der Waals surface area contributed by atoms with Gasteiger partial charge in [0.25, 0.3) is 0 Å². The summed E-state index contributed by atoms with van der Waals surface area (Å²) in [4.78, 5) is 11.3. The average molecular weight is 343 g/mol. The summed E-state index contributed by atoms with van der Waals surface area (Å²) in [5, 5.41) is 18.9. The summed E-state index contributed by atoms with van der Waals surface area (Å²) in [5.41, 5.74) is -1.67. The zero-order valence-electron chi connectivity index (χ0n) is 9.66. The molecule has 1 aromatic rings. The molecule has 0 spiro atoms. The van der Waals surface area contributed by atoms with Crippen molar-refractivity contribution in [1.82, 2.24) is 0 Å². The molecule has 0 aliphatic rings. The molecule has 0 saturated heterocycles. The molecule has 4 nitrogen and oxygen atoms in total. The highest BCUT2D eigenvalue weighted by Gasteiger charge is 2.36. The highest BCUT2D eigenvalue weighted by molar-refractivity contribution is 9.10. The van der Waals surface area contributed by atoms with Crippen LogP contribution in [-0.2, 0) is 15.7 Å². The van der Waals surface area contributed by atoms with Crippen molar-refractivity contribution >= 4 is 21.9 Å². The highest BCUT2D eigenvalue weighted by atomic mass is 79.9. The van der Waals surface area contributed by atoms with Gasteiger partial charge >= 0.3 is 12.1 Å². The van der Waals surface area contributed by atoms with Crippen LogP contribution in [0.5, 0.6) is 5.75 Å². The maximum absolute atomic E-state index is 12.6. The van der Waals surface area contributed by atoms with Crippen LogP contribution in [0.4, 0.5) is 13.2 Å². The molecule has 19 heavy (non-hydrogen) atoms. The molecule has 0 heterocycles. The fourth-order valence-electron chi connectivity index (χ4n) is 1.35. The van der Waals surface area contributed by atoms with Gasteiger partial charge in [-0.2, -0.15) is 13.2 Å². The Bertz CT molecular complexity index is 488. The minimum atomic E-state index is -4.81. The molecule has 1 unspecified atom stereocenters. The molecule has 0 fully saturated rings. The SMILES string of the molecule is CCOC(=O)C(O)c1cc(Br)c(O)c(C(F)(F)F)c1. The van der Waals surface area contributed by atoms with Crippen molar-refractivity contribution in [1.29, 1.82) is 0 Å². The fraction of sp³-hybridized carbons (Fsp3) is 0.364. The first-order valence-corrected chi connectivity index (χ1v) is 5.92. The number of hydrogen-bond donors (Lipinski definition) is 2. The normalized spacial score (nSPS) is 13.2. The number of ether oxygens (including phenoxy) is 1. The van der Waals surface area contributed by atoms with Crippen LogP contribution in [0.2, 0.25) is 0 Å². The number of phenolic OH excluding ortho intramolecular Hbond substituents is 1. The summed E-state index contributed by atoms with van der Waals surface area (Å²) >= 11 is 2.73. The minimum absolute atomic E-state index is 0.0126. The quantitative estimate of drug-likeness (QED) is 0.829. The molecule has 1 rings (SSSR count). The zero-order chi connectivity index (χ0) is 14.8. The fourth-order valence-corrected chi connectivity index (χ4v) is 1.83. The van der Waals surface area contributed by atoms with Crippen LogP contribution >= 0.6 is 15.9 Å². The third-order valence-corrected chi connectivity index (χ3v) is 2.82. The van der Waals surface area contributed by atoms with Crippen LogP contribution < -0.4 is 0 Å². The van der Waals surface area contributed by atoms with Gasteiger partial charge in [-0.15, -0.1) is 0 Å². The van der Waals surface area contributed by atoms with Crippen LogP contribution in [-0.4, -0.2) is 22.8 Å². The molecule has 1 atom stereocenters. The van der Waals surface area contributed by atoms with Crippen LogP contribution in [0, 0.1) is 0 Å².